The van der Waals surface area contributed by atoms with Gasteiger partial charge in [-0.3, -0.25) is 4.90 Å². The van der Waals surface area contributed by atoms with E-state index in [0.29, 0.717) is 0 Å². The van der Waals surface area contributed by atoms with Crippen LogP contribution in [0.5, 0.6) is 6.01 Å². The van der Waals surface area contributed by atoms with Gasteiger partial charge in [0.2, 0.25) is 5.95 Å². The summed E-state index contributed by atoms with van der Waals surface area (Å²) < 4.78 is 37.0. The van der Waals surface area contributed by atoms with Crippen LogP contribution in [0.3, 0.4) is 0 Å². The van der Waals surface area contributed by atoms with E-state index in [9.17, 15) is 18.0 Å². The third-order valence-corrected chi connectivity index (χ3v) is 4.77. The Balaban J connectivity index is 2.31. The summed E-state index contributed by atoms with van der Waals surface area (Å²) in [5.74, 6) is -0.658. The molecular formula is C16H19N5O6S. The molecule has 0 spiro atoms. The molecule has 11 nitrogen and oxygen atoms in total. The fourth-order valence-electron chi connectivity index (χ4n) is 2.09. The summed E-state index contributed by atoms with van der Waals surface area (Å²) in [6, 6.07) is 4.33. The van der Waals surface area contributed by atoms with Crippen LogP contribution in [0, 0.1) is 6.92 Å². The lowest BCUT2D eigenvalue weighted by Gasteiger charge is -2.17. The van der Waals surface area contributed by atoms with E-state index < -0.39 is 22.0 Å². The van der Waals surface area contributed by atoms with E-state index in [1.54, 1.807) is 13.8 Å². The van der Waals surface area contributed by atoms with Gasteiger partial charge in [0.15, 0.2) is 0 Å². The Bertz CT molecular complexity index is 995. The number of methoxy groups -OCH3 is 1. The molecule has 0 bridgehead atoms. The number of hydrogen-bond acceptors (Lipinski definition) is 9. The zero-order chi connectivity index (χ0) is 20.9. The Labute approximate surface area is 161 Å². The van der Waals surface area contributed by atoms with E-state index >= 15 is 0 Å². The van der Waals surface area contributed by atoms with Gasteiger partial charge in [-0.2, -0.15) is 15.0 Å². The van der Waals surface area contributed by atoms with E-state index in [2.05, 4.69) is 15.0 Å². The first-order valence-corrected chi connectivity index (χ1v) is 9.51. The van der Waals surface area contributed by atoms with Gasteiger partial charge in [-0.15, -0.1) is 0 Å². The first-order valence-electron chi connectivity index (χ1n) is 8.03. The molecule has 1 aromatic carbocycles. The van der Waals surface area contributed by atoms with Crippen molar-refractivity contribution < 1.29 is 27.5 Å². The normalized spacial score (nSPS) is 10.9. The van der Waals surface area contributed by atoms with Crippen LogP contribution in [0.15, 0.2) is 29.2 Å². The summed E-state index contributed by atoms with van der Waals surface area (Å²) in [6.45, 7) is 3.23. The predicted octanol–water partition coefficient (Wildman–Crippen LogP) is 0.900. The highest BCUT2D eigenvalue weighted by Crippen LogP contribution is 2.17. The molecule has 0 atom stereocenters. The van der Waals surface area contributed by atoms with E-state index in [-0.39, 0.29) is 34.8 Å². The topological polar surface area (TPSA) is 141 Å². The number of nitrogens with one attached hydrogen (secondary N) is 1. The number of sulfonamides is 1. The standard InChI is InChI=1S/C16H19N5O6S/c1-5-27-13(22)11-8-6-7-9-12(11)28(24,25)20-16(23)21(3)14-17-10(2)18-15(19-14)26-4/h6-9H,5H2,1-4H3,(H,20,23). The molecule has 0 radical (unpaired) electrons. The Kier molecular flexibility index (Phi) is 6.46. The molecule has 0 fully saturated rings. The fourth-order valence-corrected chi connectivity index (χ4v) is 3.27. The van der Waals surface area contributed by atoms with Crippen molar-refractivity contribution in [1.82, 2.24) is 19.7 Å². The minimum atomic E-state index is -4.38. The van der Waals surface area contributed by atoms with Gasteiger partial charge in [0, 0.05) is 7.05 Å². The Morgan fingerprint density at radius 1 is 1.18 bits per heavy atom. The lowest BCUT2D eigenvalue weighted by molar-refractivity contribution is 0.0521. The molecule has 1 N–H and O–H groups in total. The van der Waals surface area contributed by atoms with Crippen LogP contribution in [0.2, 0.25) is 0 Å². The largest absolute Gasteiger partial charge is 0.467 e. The summed E-state index contributed by atoms with van der Waals surface area (Å²) in [5, 5.41) is 0. The summed E-state index contributed by atoms with van der Waals surface area (Å²) in [7, 11) is -1.76. The van der Waals surface area contributed by atoms with Crippen LogP contribution >= 0.6 is 0 Å². The number of benzene rings is 1. The third kappa shape index (κ3) is 4.71. The van der Waals surface area contributed by atoms with Crippen molar-refractivity contribution in [3.05, 3.63) is 35.7 Å². The molecule has 2 aromatic rings. The molecule has 1 heterocycles. The maximum atomic E-state index is 12.7. The van der Waals surface area contributed by atoms with Crippen molar-refractivity contribution in [2.24, 2.45) is 0 Å². The van der Waals surface area contributed by atoms with Crippen LogP contribution < -0.4 is 14.4 Å². The number of ether oxygens (including phenoxy) is 2. The van der Waals surface area contributed by atoms with Gasteiger partial charge in [-0.05, 0) is 26.0 Å². The maximum Gasteiger partial charge on any atom is 0.339 e. The van der Waals surface area contributed by atoms with Gasteiger partial charge in [0.25, 0.3) is 10.0 Å². The van der Waals surface area contributed by atoms with E-state index in [0.717, 1.165) is 4.90 Å². The minimum absolute atomic E-state index is 0.0299. The molecule has 0 aliphatic carbocycles. The number of esters is 1. The summed E-state index contributed by atoms with van der Waals surface area (Å²) in [4.78, 5) is 36.7. The van der Waals surface area contributed by atoms with Crippen LogP contribution in [-0.2, 0) is 14.8 Å². The number of carbonyl (C=O) groups excluding carboxylic acids is 2. The smallest absolute Gasteiger partial charge is 0.339 e. The van der Waals surface area contributed by atoms with Gasteiger partial charge in [-0.1, -0.05) is 12.1 Å². The summed E-state index contributed by atoms with van der Waals surface area (Å²) in [5.41, 5.74) is -0.190. The number of carbonyl (C=O) groups is 2. The number of rotatable bonds is 6. The number of hydrogen-bond donors (Lipinski definition) is 1. The first-order chi connectivity index (χ1) is 13.2. The molecule has 0 saturated heterocycles. The molecule has 150 valence electrons. The minimum Gasteiger partial charge on any atom is -0.467 e. The summed E-state index contributed by atoms with van der Waals surface area (Å²) in [6.07, 6.45) is 0. The van der Waals surface area contributed by atoms with Crippen LogP contribution in [0.25, 0.3) is 0 Å². The molecule has 0 unspecified atom stereocenters. The molecule has 28 heavy (non-hydrogen) atoms. The second-order valence-corrected chi connectivity index (χ2v) is 7.01. The first kappa shape index (κ1) is 21.0. The average Bonchev–Trinajstić information content (AvgIpc) is 2.66. The number of amides is 2. The van der Waals surface area contributed by atoms with Crippen LogP contribution in [0.4, 0.5) is 10.7 Å². The molecule has 0 saturated carbocycles. The second-order valence-electron chi connectivity index (χ2n) is 5.36. The maximum absolute atomic E-state index is 12.7. The van der Waals surface area contributed by atoms with Crippen molar-refractivity contribution in [2.75, 3.05) is 25.7 Å². The Morgan fingerprint density at radius 2 is 1.86 bits per heavy atom. The van der Waals surface area contributed by atoms with Crippen molar-refractivity contribution in [1.29, 1.82) is 0 Å². The van der Waals surface area contributed by atoms with E-state index in [1.165, 1.54) is 38.4 Å². The number of urea groups is 1. The Hall–Kier alpha value is -3.28. The van der Waals surface area contributed by atoms with Gasteiger partial charge < -0.3 is 9.47 Å². The third-order valence-electron chi connectivity index (χ3n) is 3.40. The van der Waals surface area contributed by atoms with Crippen molar-refractivity contribution in [3.63, 3.8) is 0 Å². The van der Waals surface area contributed by atoms with Gasteiger partial charge in [0.05, 0.1) is 19.3 Å². The average molecular weight is 409 g/mol. The lowest BCUT2D eigenvalue weighted by atomic mass is 10.2. The monoisotopic (exact) mass is 409 g/mol. The molecule has 1 aromatic heterocycles. The second kappa shape index (κ2) is 8.61. The number of anilines is 1. The number of aromatic nitrogens is 3. The zero-order valence-electron chi connectivity index (χ0n) is 15.7. The fraction of sp³-hybridized carbons (Fsp3) is 0.312. The quantitative estimate of drug-likeness (QED) is 0.689. The highest BCUT2D eigenvalue weighted by molar-refractivity contribution is 7.90. The molecular weight excluding hydrogens is 390 g/mol. The Morgan fingerprint density at radius 3 is 2.50 bits per heavy atom. The molecule has 0 aliphatic heterocycles. The highest BCUT2D eigenvalue weighted by Gasteiger charge is 2.27. The lowest BCUT2D eigenvalue weighted by Crippen LogP contribution is -2.42. The molecule has 0 aliphatic rings. The van der Waals surface area contributed by atoms with E-state index in [1.807, 2.05) is 4.72 Å². The number of nitrogens with zero attached hydrogens (tertiary/aromatic N) is 4. The van der Waals surface area contributed by atoms with Gasteiger partial charge in [-0.25, -0.2) is 22.7 Å². The zero-order valence-corrected chi connectivity index (χ0v) is 16.5. The van der Waals surface area contributed by atoms with Crippen LogP contribution in [0.1, 0.15) is 23.1 Å². The van der Waals surface area contributed by atoms with Crippen molar-refractivity contribution in [2.45, 2.75) is 18.7 Å². The molecule has 2 amide bonds. The van der Waals surface area contributed by atoms with E-state index in [4.69, 9.17) is 9.47 Å². The molecule has 12 heteroatoms. The SMILES string of the molecule is CCOC(=O)c1ccccc1S(=O)(=O)NC(=O)N(C)c1nc(C)nc(OC)n1. The van der Waals surface area contributed by atoms with Gasteiger partial charge >= 0.3 is 18.0 Å². The molecule has 2 rings (SSSR count). The highest BCUT2D eigenvalue weighted by atomic mass is 32.2. The van der Waals surface area contributed by atoms with Crippen molar-refractivity contribution >= 4 is 28.0 Å². The summed E-state index contributed by atoms with van der Waals surface area (Å²) >= 11 is 0. The number of aryl methyl sites for hydroxylation is 1. The predicted molar refractivity (Wildman–Crippen MR) is 97.6 cm³/mol. The van der Waals surface area contributed by atoms with Gasteiger partial charge in [0.1, 0.15) is 10.7 Å². The van der Waals surface area contributed by atoms with Crippen LogP contribution in [-0.4, -0.2) is 56.1 Å². The van der Waals surface area contributed by atoms with Crippen molar-refractivity contribution in [3.8, 4) is 6.01 Å².